The zero-order valence-electron chi connectivity index (χ0n) is 14.4. The minimum Gasteiger partial charge on any atom is -0.372 e. The van der Waals surface area contributed by atoms with E-state index in [4.69, 9.17) is 0 Å². The van der Waals surface area contributed by atoms with E-state index in [2.05, 4.69) is 25.3 Å². The van der Waals surface area contributed by atoms with E-state index in [1.54, 1.807) is 4.90 Å². The van der Waals surface area contributed by atoms with Crippen molar-refractivity contribution < 1.29 is 9.59 Å². The Morgan fingerprint density at radius 2 is 1.71 bits per heavy atom. The van der Waals surface area contributed by atoms with Crippen molar-refractivity contribution in [2.24, 2.45) is 5.92 Å². The largest absolute Gasteiger partial charge is 0.372 e. The molecular formula is C17H32N2O2. The van der Waals surface area contributed by atoms with Crippen LogP contribution in [-0.2, 0) is 9.59 Å². The second-order valence-corrected chi connectivity index (χ2v) is 6.01. The Bertz CT molecular complexity index is 351. The number of allylic oxidation sites excluding steroid dienone is 1. The lowest BCUT2D eigenvalue weighted by Gasteiger charge is -2.24. The maximum atomic E-state index is 12.0. The zero-order chi connectivity index (χ0) is 16.4. The number of ketones is 2. The van der Waals surface area contributed by atoms with Crippen LogP contribution in [0.2, 0.25) is 0 Å². The Kier molecular flexibility index (Phi) is 9.97. The smallest absolute Gasteiger partial charge is 0.243 e. The number of hydrogen-bond acceptors (Lipinski definition) is 4. The van der Waals surface area contributed by atoms with E-state index >= 15 is 0 Å². The van der Waals surface area contributed by atoms with Crippen LogP contribution in [0.4, 0.5) is 0 Å². The molecule has 0 aromatic carbocycles. The van der Waals surface area contributed by atoms with E-state index in [9.17, 15) is 9.59 Å². The fourth-order valence-electron chi connectivity index (χ4n) is 2.21. The monoisotopic (exact) mass is 296 g/mol. The van der Waals surface area contributed by atoms with Crippen LogP contribution in [0.1, 0.15) is 47.0 Å². The minimum atomic E-state index is -0.438. The molecule has 0 aliphatic rings. The standard InChI is InChI=1S/C17H32N2O2/c1-7-10-19(8-2)12-9-11-18(6)15(5)17(21)16(20)13-14(3)4/h14H,5,7-13H2,1-4,6H3. The molecule has 0 N–H and O–H groups in total. The third kappa shape index (κ3) is 8.00. The molecule has 4 heteroatoms. The molecule has 0 saturated carbocycles. The SMILES string of the molecule is C=C(C(=O)C(=O)CC(C)C)N(C)CCCN(CC)CCC. The second kappa shape index (κ2) is 10.6. The average molecular weight is 296 g/mol. The van der Waals surface area contributed by atoms with Crippen LogP contribution in [0.3, 0.4) is 0 Å². The summed E-state index contributed by atoms with van der Waals surface area (Å²) in [5.41, 5.74) is 0.319. The lowest BCUT2D eigenvalue weighted by Crippen LogP contribution is -2.32. The van der Waals surface area contributed by atoms with Crippen LogP contribution in [-0.4, -0.2) is 54.6 Å². The van der Waals surface area contributed by atoms with Gasteiger partial charge in [0.05, 0.1) is 5.70 Å². The topological polar surface area (TPSA) is 40.6 Å². The molecule has 122 valence electrons. The molecular weight excluding hydrogens is 264 g/mol. The Hall–Kier alpha value is -1.16. The maximum Gasteiger partial charge on any atom is 0.243 e. The highest BCUT2D eigenvalue weighted by molar-refractivity contribution is 6.43. The minimum absolute atomic E-state index is 0.201. The molecule has 0 heterocycles. The van der Waals surface area contributed by atoms with Gasteiger partial charge in [-0.15, -0.1) is 0 Å². The Balaban J connectivity index is 4.21. The summed E-state index contributed by atoms with van der Waals surface area (Å²) < 4.78 is 0. The first-order chi connectivity index (χ1) is 9.83. The summed E-state index contributed by atoms with van der Waals surface area (Å²) in [6.45, 7) is 15.9. The van der Waals surface area contributed by atoms with Gasteiger partial charge in [-0.3, -0.25) is 9.59 Å². The number of Topliss-reactive ketones (excluding diaryl/α,β-unsaturated/α-hetero) is 2. The van der Waals surface area contributed by atoms with Crippen molar-refractivity contribution in [3.63, 3.8) is 0 Å². The molecule has 0 aromatic heterocycles. The number of carbonyl (C=O) groups excluding carboxylic acids is 2. The highest BCUT2D eigenvalue weighted by Gasteiger charge is 2.20. The van der Waals surface area contributed by atoms with E-state index in [1.165, 1.54) is 0 Å². The molecule has 0 amide bonds. The predicted octanol–water partition coefficient (Wildman–Crippen LogP) is 2.74. The molecule has 0 rings (SSSR count). The Morgan fingerprint density at radius 1 is 1.10 bits per heavy atom. The van der Waals surface area contributed by atoms with Gasteiger partial charge in [0.15, 0.2) is 0 Å². The molecule has 0 spiro atoms. The van der Waals surface area contributed by atoms with Crippen molar-refractivity contribution in [2.45, 2.75) is 47.0 Å². The number of likely N-dealkylation sites (N-methyl/N-ethyl adjacent to an activating group) is 1. The first kappa shape index (κ1) is 19.8. The van der Waals surface area contributed by atoms with Crippen LogP contribution in [0, 0.1) is 5.92 Å². The number of hydrogen-bond donors (Lipinski definition) is 0. The summed E-state index contributed by atoms with van der Waals surface area (Å²) >= 11 is 0. The van der Waals surface area contributed by atoms with Gasteiger partial charge in [-0.1, -0.05) is 34.3 Å². The molecule has 0 radical (unpaired) electrons. The summed E-state index contributed by atoms with van der Waals surface area (Å²) in [5, 5.41) is 0. The Labute approximate surface area is 130 Å². The molecule has 0 bridgehead atoms. The zero-order valence-corrected chi connectivity index (χ0v) is 14.4. The van der Waals surface area contributed by atoms with Crippen LogP contribution in [0.25, 0.3) is 0 Å². The average Bonchev–Trinajstić information content (AvgIpc) is 2.43. The summed E-state index contributed by atoms with van der Waals surface area (Å²) in [6.07, 6.45) is 2.42. The van der Waals surface area contributed by atoms with E-state index in [0.717, 1.165) is 39.0 Å². The number of carbonyl (C=O) groups is 2. The maximum absolute atomic E-state index is 12.0. The van der Waals surface area contributed by atoms with Crippen molar-refractivity contribution >= 4 is 11.6 Å². The van der Waals surface area contributed by atoms with Crippen molar-refractivity contribution in [1.29, 1.82) is 0 Å². The van der Waals surface area contributed by atoms with E-state index in [-0.39, 0.29) is 11.7 Å². The third-order valence-electron chi connectivity index (χ3n) is 3.52. The molecule has 0 saturated heterocycles. The molecule has 4 nitrogen and oxygen atoms in total. The van der Waals surface area contributed by atoms with Gasteiger partial charge in [0.25, 0.3) is 0 Å². The van der Waals surface area contributed by atoms with Gasteiger partial charge in [0, 0.05) is 20.0 Å². The molecule has 0 unspecified atom stereocenters. The van der Waals surface area contributed by atoms with E-state index in [0.29, 0.717) is 12.1 Å². The highest BCUT2D eigenvalue weighted by Crippen LogP contribution is 2.08. The first-order valence-electron chi connectivity index (χ1n) is 8.03. The number of rotatable bonds is 12. The third-order valence-corrected chi connectivity index (χ3v) is 3.52. The normalized spacial score (nSPS) is 11.0. The molecule has 21 heavy (non-hydrogen) atoms. The predicted molar refractivity (Wildman–Crippen MR) is 88.3 cm³/mol. The van der Waals surface area contributed by atoms with Gasteiger partial charge in [0.1, 0.15) is 0 Å². The second-order valence-electron chi connectivity index (χ2n) is 6.01. The van der Waals surface area contributed by atoms with E-state index < -0.39 is 5.78 Å². The number of nitrogens with zero attached hydrogens (tertiary/aromatic N) is 2. The fourth-order valence-corrected chi connectivity index (χ4v) is 2.21. The van der Waals surface area contributed by atoms with Gasteiger partial charge >= 0.3 is 0 Å². The quantitative estimate of drug-likeness (QED) is 0.410. The van der Waals surface area contributed by atoms with Crippen molar-refractivity contribution in [3.8, 4) is 0 Å². The lowest BCUT2D eigenvalue weighted by atomic mass is 10.0. The Morgan fingerprint density at radius 3 is 2.19 bits per heavy atom. The van der Waals surface area contributed by atoms with Crippen molar-refractivity contribution in [2.75, 3.05) is 33.2 Å². The first-order valence-corrected chi connectivity index (χ1v) is 8.03. The summed E-state index contributed by atoms with van der Waals surface area (Å²) in [7, 11) is 1.83. The summed E-state index contributed by atoms with van der Waals surface area (Å²) in [6, 6.07) is 0. The van der Waals surface area contributed by atoms with Gasteiger partial charge in [-0.05, 0) is 38.4 Å². The van der Waals surface area contributed by atoms with Gasteiger partial charge in [-0.25, -0.2) is 0 Å². The van der Waals surface area contributed by atoms with E-state index in [1.807, 2.05) is 20.9 Å². The fraction of sp³-hybridized carbons (Fsp3) is 0.765. The van der Waals surface area contributed by atoms with Gasteiger partial charge < -0.3 is 9.80 Å². The summed E-state index contributed by atoms with van der Waals surface area (Å²) in [4.78, 5) is 27.9. The van der Waals surface area contributed by atoms with Crippen LogP contribution < -0.4 is 0 Å². The molecule has 0 aliphatic heterocycles. The van der Waals surface area contributed by atoms with Crippen LogP contribution >= 0.6 is 0 Å². The van der Waals surface area contributed by atoms with Crippen LogP contribution in [0.15, 0.2) is 12.3 Å². The molecule has 0 fully saturated rings. The van der Waals surface area contributed by atoms with Gasteiger partial charge in [-0.2, -0.15) is 0 Å². The van der Waals surface area contributed by atoms with Gasteiger partial charge in [0.2, 0.25) is 11.6 Å². The van der Waals surface area contributed by atoms with Crippen molar-refractivity contribution in [1.82, 2.24) is 9.80 Å². The van der Waals surface area contributed by atoms with Crippen LogP contribution in [0.5, 0.6) is 0 Å². The molecule has 0 atom stereocenters. The molecule has 0 aromatic rings. The molecule has 0 aliphatic carbocycles. The van der Waals surface area contributed by atoms with Crippen molar-refractivity contribution in [3.05, 3.63) is 12.3 Å². The highest BCUT2D eigenvalue weighted by atomic mass is 16.2. The lowest BCUT2D eigenvalue weighted by molar-refractivity contribution is -0.135. The summed E-state index contributed by atoms with van der Waals surface area (Å²) in [5.74, 6) is -0.568.